The maximum Gasteiger partial charge on any atom is 0.255 e. The molecule has 20 heavy (non-hydrogen) atoms. The summed E-state index contributed by atoms with van der Waals surface area (Å²) in [5.41, 5.74) is 0.267. The summed E-state index contributed by atoms with van der Waals surface area (Å²) in [5.74, 6) is -0.698. The number of halogens is 2. The topological polar surface area (TPSA) is 32.3 Å². The number of amides is 1. The molecule has 5 heteroatoms. The summed E-state index contributed by atoms with van der Waals surface area (Å²) in [6.07, 6.45) is 4.04. The van der Waals surface area contributed by atoms with Crippen molar-refractivity contribution in [2.24, 2.45) is 0 Å². The van der Waals surface area contributed by atoms with Crippen LogP contribution in [0.5, 0.6) is 0 Å². The van der Waals surface area contributed by atoms with Crippen LogP contribution in [-0.2, 0) is 0 Å². The first kappa shape index (κ1) is 15.3. The Kier molecular flexibility index (Phi) is 5.38. The highest BCUT2D eigenvalue weighted by Gasteiger charge is 2.28. The second kappa shape index (κ2) is 7.04. The predicted molar refractivity (Wildman–Crippen MR) is 78.6 cm³/mol. The number of likely N-dealkylation sites (tertiary alicyclic amines) is 1. The van der Waals surface area contributed by atoms with E-state index in [1.165, 1.54) is 12.1 Å². The maximum absolute atomic E-state index is 13.5. The van der Waals surface area contributed by atoms with Crippen molar-refractivity contribution < 1.29 is 9.18 Å². The molecular formula is C15H20ClFN2O. The molecule has 0 saturated carbocycles. The molecule has 1 amide bonds. The lowest BCUT2D eigenvalue weighted by Crippen LogP contribution is -2.44. The van der Waals surface area contributed by atoms with Gasteiger partial charge >= 0.3 is 0 Å². The molecule has 1 aliphatic heterocycles. The Labute approximate surface area is 124 Å². The quantitative estimate of drug-likeness (QED) is 0.926. The number of nitrogens with zero attached hydrogens (tertiary/aromatic N) is 1. The Morgan fingerprint density at radius 3 is 3.05 bits per heavy atom. The first-order chi connectivity index (χ1) is 9.65. The number of piperidine rings is 1. The zero-order valence-corrected chi connectivity index (χ0v) is 12.4. The minimum absolute atomic E-state index is 0.0737. The summed E-state index contributed by atoms with van der Waals surface area (Å²) in [5, 5.41) is 3.04. The maximum atomic E-state index is 13.5. The van der Waals surface area contributed by atoms with Crippen LogP contribution in [0, 0.1) is 5.82 Å². The highest BCUT2D eigenvalue weighted by Crippen LogP contribution is 2.26. The Hall–Kier alpha value is -1.13. The van der Waals surface area contributed by atoms with Crippen LogP contribution in [0.2, 0.25) is 5.02 Å². The normalized spacial score (nSPS) is 19.1. The summed E-state index contributed by atoms with van der Waals surface area (Å²) in [6.45, 7) is 1.59. The van der Waals surface area contributed by atoms with Gasteiger partial charge in [-0.2, -0.15) is 0 Å². The van der Waals surface area contributed by atoms with Gasteiger partial charge in [-0.15, -0.1) is 0 Å². The molecule has 0 aromatic heterocycles. The molecular weight excluding hydrogens is 279 g/mol. The second-order valence-electron chi connectivity index (χ2n) is 5.14. The molecule has 3 nitrogen and oxygen atoms in total. The lowest BCUT2D eigenvalue weighted by molar-refractivity contribution is 0.0602. The van der Waals surface area contributed by atoms with Gasteiger partial charge in [-0.1, -0.05) is 17.7 Å². The number of carbonyl (C=O) groups is 1. The summed E-state index contributed by atoms with van der Waals surface area (Å²) < 4.78 is 13.5. The molecule has 1 aromatic carbocycles. The molecule has 1 heterocycles. The van der Waals surface area contributed by atoms with Crippen molar-refractivity contribution in [2.75, 3.05) is 20.1 Å². The molecule has 2 rings (SSSR count). The molecule has 0 spiro atoms. The van der Waals surface area contributed by atoms with Crippen molar-refractivity contribution in [2.45, 2.75) is 31.7 Å². The van der Waals surface area contributed by atoms with E-state index in [-0.39, 0.29) is 22.5 Å². The van der Waals surface area contributed by atoms with Gasteiger partial charge in [0.25, 0.3) is 5.91 Å². The lowest BCUT2D eigenvalue weighted by atomic mass is 9.98. The number of nitrogens with one attached hydrogen (secondary N) is 1. The van der Waals surface area contributed by atoms with Crippen molar-refractivity contribution in [3.8, 4) is 0 Å². The third kappa shape index (κ3) is 3.30. The smallest absolute Gasteiger partial charge is 0.255 e. The van der Waals surface area contributed by atoms with E-state index in [9.17, 15) is 9.18 Å². The minimum Gasteiger partial charge on any atom is -0.336 e. The Bertz CT molecular complexity index is 481. The number of rotatable bonds is 4. The van der Waals surface area contributed by atoms with Crippen LogP contribution in [-0.4, -0.2) is 37.0 Å². The number of carbonyl (C=O) groups excluding carboxylic acids is 1. The van der Waals surface area contributed by atoms with Crippen LogP contribution in [0.4, 0.5) is 4.39 Å². The Balaban J connectivity index is 2.18. The fourth-order valence-corrected chi connectivity index (χ4v) is 2.91. The highest BCUT2D eigenvalue weighted by atomic mass is 35.5. The molecule has 0 bridgehead atoms. The number of hydrogen-bond acceptors (Lipinski definition) is 2. The van der Waals surface area contributed by atoms with E-state index < -0.39 is 5.82 Å². The van der Waals surface area contributed by atoms with Crippen LogP contribution in [0.15, 0.2) is 18.2 Å². The fraction of sp³-hybridized carbons (Fsp3) is 0.533. The first-order valence-electron chi connectivity index (χ1n) is 7.04. The van der Waals surface area contributed by atoms with Gasteiger partial charge in [-0.05, 0) is 51.4 Å². The second-order valence-corrected chi connectivity index (χ2v) is 5.52. The molecule has 0 aliphatic carbocycles. The number of benzene rings is 1. The average molecular weight is 299 g/mol. The minimum atomic E-state index is -0.540. The Morgan fingerprint density at radius 1 is 1.50 bits per heavy atom. The van der Waals surface area contributed by atoms with Crippen molar-refractivity contribution in [1.82, 2.24) is 10.2 Å². The summed E-state index contributed by atoms with van der Waals surface area (Å²) in [6, 6.07) is 4.61. The SMILES string of the molecule is CNCCC1CCCCN1C(=O)c1cccc(F)c1Cl. The zero-order chi connectivity index (χ0) is 14.5. The molecule has 110 valence electrons. The van der Waals surface area contributed by atoms with E-state index in [0.29, 0.717) is 0 Å². The van der Waals surface area contributed by atoms with E-state index in [4.69, 9.17) is 11.6 Å². The molecule has 1 unspecified atom stereocenters. The van der Waals surface area contributed by atoms with Crippen molar-refractivity contribution >= 4 is 17.5 Å². The van der Waals surface area contributed by atoms with Crippen molar-refractivity contribution in [3.63, 3.8) is 0 Å². The van der Waals surface area contributed by atoms with Gasteiger partial charge in [-0.25, -0.2) is 4.39 Å². The lowest BCUT2D eigenvalue weighted by Gasteiger charge is -2.36. The van der Waals surface area contributed by atoms with Gasteiger partial charge in [0.15, 0.2) is 0 Å². The van der Waals surface area contributed by atoms with Crippen LogP contribution in [0.1, 0.15) is 36.0 Å². The average Bonchev–Trinajstić information content (AvgIpc) is 2.47. The first-order valence-corrected chi connectivity index (χ1v) is 7.42. The van der Waals surface area contributed by atoms with Crippen LogP contribution < -0.4 is 5.32 Å². The fourth-order valence-electron chi connectivity index (χ4n) is 2.70. The van der Waals surface area contributed by atoms with Gasteiger partial charge in [-0.3, -0.25) is 4.79 Å². The monoisotopic (exact) mass is 298 g/mol. The van der Waals surface area contributed by atoms with Crippen molar-refractivity contribution in [3.05, 3.63) is 34.6 Å². The molecule has 1 fully saturated rings. The Morgan fingerprint density at radius 2 is 2.30 bits per heavy atom. The van der Waals surface area contributed by atoms with Gasteiger partial charge in [0.05, 0.1) is 10.6 Å². The summed E-state index contributed by atoms with van der Waals surface area (Å²) >= 11 is 5.92. The van der Waals surface area contributed by atoms with E-state index >= 15 is 0 Å². The zero-order valence-electron chi connectivity index (χ0n) is 11.7. The largest absolute Gasteiger partial charge is 0.336 e. The van der Waals surface area contributed by atoms with Gasteiger partial charge in [0.2, 0.25) is 0 Å². The summed E-state index contributed by atoms with van der Waals surface area (Å²) in [4.78, 5) is 14.4. The molecule has 1 atom stereocenters. The van der Waals surface area contributed by atoms with E-state index in [1.807, 2.05) is 11.9 Å². The summed E-state index contributed by atoms with van der Waals surface area (Å²) in [7, 11) is 1.90. The molecule has 0 radical (unpaired) electrons. The predicted octanol–water partition coefficient (Wildman–Crippen LogP) is 3.08. The van der Waals surface area contributed by atoms with Gasteiger partial charge in [0.1, 0.15) is 5.82 Å². The van der Waals surface area contributed by atoms with Crippen LogP contribution >= 0.6 is 11.6 Å². The molecule has 1 aromatic rings. The van der Waals surface area contributed by atoms with E-state index in [0.717, 1.165) is 38.8 Å². The standard InChI is InChI=1S/C15H20ClFN2O/c1-18-9-8-11-5-2-3-10-19(11)15(20)12-6-4-7-13(17)14(12)16/h4,6-7,11,18H,2-3,5,8-10H2,1H3. The van der Waals surface area contributed by atoms with Gasteiger partial charge < -0.3 is 10.2 Å². The van der Waals surface area contributed by atoms with E-state index in [1.54, 1.807) is 6.07 Å². The van der Waals surface area contributed by atoms with Crippen LogP contribution in [0.25, 0.3) is 0 Å². The van der Waals surface area contributed by atoms with Crippen LogP contribution in [0.3, 0.4) is 0 Å². The van der Waals surface area contributed by atoms with E-state index in [2.05, 4.69) is 5.32 Å². The van der Waals surface area contributed by atoms with Crippen molar-refractivity contribution in [1.29, 1.82) is 0 Å². The molecule has 1 N–H and O–H groups in total. The van der Waals surface area contributed by atoms with Gasteiger partial charge in [0, 0.05) is 12.6 Å². The third-order valence-corrected chi connectivity index (χ3v) is 4.18. The molecule has 1 saturated heterocycles. The number of hydrogen-bond donors (Lipinski definition) is 1. The third-order valence-electron chi connectivity index (χ3n) is 3.80. The molecule has 1 aliphatic rings. The highest BCUT2D eigenvalue weighted by molar-refractivity contribution is 6.34.